The van der Waals surface area contributed by atoms with Gasteiger partial charge in [-0.15, -0.1) is 0 Å². The summed E-state index contributed by atoms with van der Waals surface area (Å²) in [7, 11) is 1.42. The molecule has 100 valence electrons. The molecule has 1 aromatic carbocycles. The Morgan fingerprint density at radius 2 is 2.22 bits per heavy atom. The van der Waals surface area contributed by atoms with Crippen molar-refractivity contribution in [3.05, 3.63) is 23.8 Å². The summed E-state index contributed by atoms with van der Waals surface area (Å²) in [5.74, 6) is -0.292. The summed E-state index contributed by atoms with van der Waals surface area (Å²) in [6.07, 6.45) is 0.733. The third kappa shape index (κ3) is 3.63. The van der Waals surface area contributed by atoms with E-state index in [0.717, 1.165) is 0 Å². The van der Waals surface area contributed by atoms with Crippen LogP contribution in [-0.2, 0) is 0 Å². The number of aliphatic hydroxyl groups excluding tert-OH is 1. The first-order chi connectivity index (χ1) is 8.60. The zero-order valence-corrected chi connectivity index (χ0v) is 10.6. The second-order valence-corrected chi connectivity index (χ2v) is 3.96. The van der Waals surface area contributed by atoms with Crippen molar-refractivity contribution in [3.8, 4) is 11.5 Å². The van der Waals surface area contributed by atoms with E-state index < -0.39 is 6.10 Å². The van der Waals surface area contributed by atoms with Crippen LogP contribution in [0.1, 0.15) is 30.1 Å². The maximum absolute atomic E-state index is 11.8. The average molecular weight is 253 g/mol. The molecule has 1 amide bonds. The first kappa shape index (κ1) is 14.3. The summed E-state index contributed by atoms with van der Waals surface area (Å²) in [5, 5.41) is 21.8. The summed E-state index contributed by atoms with van der Waals surface area (Å²) in [4.78, 5) is 11.8. The zero-order valence-electron chi connectivity index (χ0n) is 10.6. The number of nitrogens with one attached hydrogen (secondary N) is 1. The Balaban J connectivity index is 2.62. The number of para-hydroxylation sites is 1. The molecule has 0 heterocycles. The molecular weight excluding hydrogens is 234 g/mol. The van der Waals surface area contributed by atoms with E-state index in [9.17, 15) is 15.0 Å². The molecule has 1 atom stereocenters. The Morgan fingerprint density at radius 3 is 2.83 bits per heavy atom. The van der Waals surface area contributed by atoms with Gasteiger partial charge in [0.25, 0.3) is 5.91 Å². The SMILES string of the molecule is CCC(O)CCNC(=O)c1cccc(OC)c1O. The lowest BCUT2D eigenvalue weighted by molar-refractivity contribution is 0.0938. The molecule has 0 aromatic heterocycles. The van der Waals surface area contributed by atoms with Crippen molar-refractivity contribution in [3.63, 3.8) is 0 Å². The number of rotatable bonds is 6. The van der Waals surface area contributed by atoms with Crippen LogP contribution < -0.4 is 10.1 Å². The van der Waals surface area contributed by atoms with Crippen LogP contribution in [0.5, 0.6) is 11.5 Å². The van der Waals surface area contributed by atoms with Crippen molar-refractivity contribution in [2.75, 3.05) is 13.7 Å². The van der Waals surface area contributed by atoms with Crippen molar-refractivity contribution in [2.45, 2.75) is 25.9 Å². The fourth-order valence-electron chi connectivity index (χ4n) is 1.52. The molecule has 0 aliphatic rings. The second-order valence-electron chi connectivity index (χ2n) is 3.96. The van der Waals surface area contributed by atoms with Crippen LogP contribution in [0.15, 0.2) is 18.2 Å². The number of hydrogen-bond donors (Lipinski definition) is 3. The molecule has 5 heteroatoms. The molecule has 0 aliphatic carbocycles. The molecule has 0 radical (unpaired) electrons. The molecule has 0 bridgehead atoms. The summed E-state index contributed by atoms with van der Waals surface area (Å²) in [5.41, 5.74) is 0.167. The number of phenolic OH excluding ortho intramolecular Hbond substituents is 1. The van der Waals surface area contributed by atoms with Crippen molar-refractivity contribution in [1.29, 1.82) is 0 Å². The van der Waals surface area contributed by atoms with Gasteiger partial charge >= 0.3 is 0 Å². The first-order valence-corrected chi connectivity index (χ1v) is 5.92. The van der Waals surface area contributed by atoms with Gasteiger partial charge in [-0.2, -0.15) is 0 Å². The molecule has 0 spiro atoms. The van der Waals surface area contributed by atoms with Gasteiger partial charge < -0.3 is 20.3 Å². The number of phenols is 1. The molecule has 1 rings (SSSR count). The summed E-state index contributed by atoms with van der Waals surface area (Å²) in [6.45, 7) is 2.24. The lowest BCUT2D eigenvalue weighted by atomic mass is 10.1. The number of carbonyl (C=O) groups is 1. The largest absolute Gasteiger partial charge is 0.504 e. The highest BCUT2D eigenvalue weighted by Gasteiger charge is 2.14. The number of benzene rings is 1. The number of hydrogen-bond acceptors (Lipinski definition) is 4. The summed E-state index contributed by atoms with van der Waals surface area (Å²) < 4.78 is 4.93. The maximum Gasteiger partial charge on any atom is 0.255 e. The fourth-order valence-corrected chi connectivity index (χ4v) is 1.52. The Kier molecular flexibility index (Phi) is 5.45. The monoisotopic (exact) mass is 253 g/mol. The van der Waals surface area contributed by atoms with Crippen molar-refractivity contribution in [1.82, 2.24) is 5.32 Å². The van der Waals surface area contributed by atoms with Crippen LogP contribution in [0.4, 0.5) is 0 Å². The third-order valence-corrected chi connectivity index (χ3v) is 2.70. The Bertz CT molecular complexity index is 406. The second kappa shape index (κ2) is 6.86. The van der Waals surface area contributed by atoms with Gasteiger partial charge in [-0.05, 0) is 25.0 Å². The van der Waals surface area contributed by atoms with E-state index in [2.05, 4.69) is 5.32 Å². The highest BCUT2D eigenvalue weighted by Crippen LogP contribution is 2.29. The van der Waals surface area contributed by atoms with E-state index in [4.69, 9.17) is 4.74 Å². The molecule has 1 unspecified atom stereocenters. The number of amides is 1. The van der Waals surface area contributed by atoms with Crippen molar-refractivity contribution < 1.29 is 19.7 Å². The van der Waals surface area contributed by atoms with Crippen LogP contribution in [0, 0.1) is 0 Å². The minimum Gasteiger partial charge on any atom is -0.504 e. The normalized spacial score (nSPS) is 11.9. The van der Waals surface area contributed by atoms with E-state index in [0.29, 0.717) is 19.4 Å². The zero-order chi connectivity index (χ0) is 13.5. The highest BCUT2D eigenvalue weighted by molar-refractivity contribution is 5.97. The average Bonchev–Trinajstić information content (AvgIpc) is 2.38. The van der Waals surface area contributed by atoms with Gasteiger partial charge in [0, 0.05) is 6.54 Å². The number of carbonyl (C=O) groups excluding carboxylic acids is 1. The van der Waals surface area contributed by atoms with Crippen LogP contribution in [0.3, 0.4) is 0 Å². The molecule has 0 aliphatic heterocycles. The highest BCUT2D eigenvalue weighted by atomic mass is 16.5. The van der Waals surface area contributed by atoms with Gasteiger partial charge in [-0.3, -0.25) is 4.79 Å². The van der Waals surface area contributed by atoms with Gasteiger partial charge in [0.15, 0.2) is 11.5 Å². The minimum absolute atomic E-state index is 0.167. The van der Waals surface area contributed by atoms with Crippen molar-refractivity contribution in [2.24, 2.45) is 0 Å². The van der Waals surface area contributed by atoms with E-state index in [1.807, 2.05) is 6.92 Å². The van der Waals surface area contributed by atoms with Gasteiger partial charge in [0.2, 0.25) is 0 Å². The van der Waals surface area contributed by atoms with E-state index >= 15 is 0 Å². The first-order valence-electron chi connectivity index (χ1n) is 5.92. The van der Waals surface area contributed by atoms with E-state index in [1.54, 1.807) is 12.1 Å². The Hall–Kier alpha value is -1.75. The van der Waals surface area contributed by atoms with E-state index in [1.165, 1.54) is 13.2 Å². The maximum atomic E-state index is 11.8. The Morgan fingerprint density at radius 1 is 1.50 bits per heavy atom. The van der Waals surface area contributed by atoms with Crippen LogP contribution in [0.2, 0.25) is 0 Å². The topological polar surface area (TPSA) is 78.8 Å². The van der Waals surface area contributed by atoms with E-state index in [-0.39, 0.29) is 23.0 Å². The van der Waals surface area contributed by atoms with Crippen LogP contribution in [-0.4, -0.2) is 35.9 Å². The molecule has 18 heavy (non-hydrogen) atoms. The molecule has 0 saturated carbocycles. The fraction of sp³-hybridized carbons (Fsp3) is 0.462. The number of aromatic hydroxyl groups is 1. The molecule has 0 saturated heterocycles. The van der Waals surface area contributed by atoms with Crippen LogP contribution in [0.25, 0.3) is 0 Å². The molecule has 3 N–H and O–H groups in total. The summed E-state index contributed by atoms with van der Waals surface area (Å²) >= 11 is 0. The molecule has 0 fully saturated rings. The molecule has 5 nitrogen and oxygen atoms in total. The number of methoxy groups -OCH3 is 1. The smallest absolute Gasteiger partial charge is 0.255 e. The number of aliphatic hydroxyl groups is 1. The van der Waals surface area contributed by atoms with Gasteiger partial charge in [0.1, 0.15) is 0 Å². The van der Waals surface area contributed by atoms with Crippen molar-refractivity contribution >= 4 is 5.91 Å². The molecule has 1 aromatic rings. The minimum atomic E-state index is -0.413. The Labute approximate surface area is 106 Å². The number of ether oxygens (including phenoxy) is 1. The summed E-state index contributed by atoms with van der Waals surface area (Å²) in [6, 6.07) is 4.73. The molecular formula is C13H19NO4. The van der Waals surface area contributed by atoms with Gasteiger partial charge in [-0.1, -0.05) is 13.0 Å². The lowest BCUT2D eigenvalue weighted by Crippen LogP contribution is -2.27. The lowest BCUT2D eigenvalue weighted by Gasteiger charge is -2.11. The third-order valence-electron chi connectivity index (χ3n) is 2.70. The predicted molar refractivity (Wildman–Crippen MR) is 67.9 cm³/mol. The standard InChI is InChI=1S/C13H19NO4/c1-3-9(15)7-8-14-13(17)10-5-4-6-11(18-2)12(10)16/h4-6,9,15-16H,3,7-8H2,1-2H3,(H,14,17). The van der Waals surface area contributed by atoms with Gasteiger partial charge in [-0.25, -0.2) is 0 Å². The van der Waals surface area contributed by atoms with Gasteiger partial charge in [0.05, 0.1) is 18.8 Å². The quantitative estimate of drug-likeness (QED) is 0.714. The predicted octanol–water partition coefficient (Wildman–Crippen LogP) is 1.29. The van der Waals surface area contributed by atoms with Crippen LogP contribution >= 0.6 is 0 Å².